The number of carbonyl (C=O) groups is 1. The van der Waals surface area contributed by atoms with Gasteiger partial charge >= 0.3 is 0 Å². The Balaban J connectivity index is 2.03. The number of nitrogens with one attached hydrogen (secondary N) is 1. The summed E-state index contributed by atoms with van der Waals surface area (Å²) in [6, 6.07) is 12.6. The van der Waals surface area contributed by atoms with E-state index in [2.05, 4.69) is 10.3 Å². The normalized spacial score (nSPS) is 10.7. The van der Waals surface area contributed by atoms with Crippen molar-refractivity contribution < 1.29 is 9.21 Å². The molecule has 0 saturated heterocycles. The zero-order chi connectivity index (χ0) is 14.1. The number of amides is 1. The van der Waals surface area contributed by atoms with Gasteiger partial charge in [0, 0.05) is 23.2 Å². The van der Waals surface area contributed by atoms with Crippen LogP contribution in [0.3, 0.4) is 0 Å². The van der Waals surface area contributed by atoms with Gasteiger partial charge in [-0.2, -0.15) is 0 Å². The Morgan fingerprint density at radius 1 is 1.25 bits per heavy atom. The topological polar surface area (TPSA) is 55.1 Å². The minimum atomic E-state index is -0.119. The minimum absolute atomic E-state index is 0.119. The molecule has 3 rings (SSSR count). The van der Waals surface area contributed by atoms with Gasteiger partial charge in [-0.1, -0.05) is 17.7 Å². The van der Waals surface area contributed by atoms with Gasteiger partial charge in [0.25, 0.3) is 0 Å². The van der Waals surface area contributed by atoms with E-state index in [1.165, 1.54) is 6.92 Å². The third-order valence-electron chi connectivity index (χ3n) is 2.78. The molecule has 0 unspecified atom stereocenters. The number of hydrogen-bond acceptors (Lipinski definition) is 3. The van der Waals surface area contributed by atoms with E-state index >= 15 is 0 Å². The lowest BCUT2D eigenvalue weighted by atomic mass is 10.2. The molecule has 0 aliphatic carbocycles. The molecule has 0 bridgehead atoms. The van der Waals surface area contributed by atoms with Crippen molar-refractivity contribution in [2.45, 2.75) is 6.92 Å². The van der Waals surface area contributed by atoms with Crippen LogP contribution >= 0.6 is 11.6 Å². The first kappa shape index (κ1) is 12.7. The summed E-state index contributed by atoms with van der Waals surface area (Å²) in [6.07, 6.45) is 0. The summed E-state index contributed by atoms with van der Waals surface area (Å²) in [7, 11) is 0. The first-order chi connectivity index (χ1) is 9.61. The van der Waals surface area contributed by atoms with Crippen molar-refractivity contribution in [1.82, 2.24) is 4.98 Å². The number of aromatic nitrogens is 1. The fourth-order valence-electron chi connectivity index (χ4n) is 1.96. The molecule has 0 saturated carbocycles. The van der Waals surface area contributed by atoms with Crippen LogP contribution in [0.15, 0.2) is 46.9 Å². The Bertz CT molecular complexity index is 795. The number of fused-ring (bicyclic) bond motifs is 1. The molecule has 100 valence electrons. The predicted molar refractivity (Wildman–Crippen MR) is 78.8 cm³/mol. The number of rotatable bonds is 2. The van der Waals surface area contributed by atoms with Crippen molar-refractivity contribution in [3.05, 3.63) is 47.5 Å². The molecule has 3 aromatic rings. The Kier molecular flexibility index (Phi) is 3.16. The molecule has 0 aliphatic rings. The number of halogens is 1. The molecule has 1 aromatic heterocycles. The lowest BCUT2D eigenvalue weighted by Crippen LogP contribution is -2.05. The number of nitrogens with zero attached hydrogens (tertiary/aromatic N) is 1. The summed E-state index contributed by atoms with van der Waals surface area (Å²) in [5, 5.41) is 3.34. The van der Waals surface area contributed by atoms with Gasteiger partial charge in [0.05, 0.1) is 0 Å². The quantitative estimate of drug-likeness (QED) is 0.771. The van der Waals surface area contributed by atoms with E-state index in [1.54, 1.807) is 18.2 Å². The van der Waals surface area contributed by atoms with Crippen molar-refractivity contribution in [2.75, 3.05) is 5.32 Å². The number of anilines is 1. The molecule has 1 amide bonds. The summed E-state index contributed by atoms with van der Waals surface area (Å²) in [5.74, 6) is 0.376. The lowest BCUT2D eigenvalue weighted by Gasteiger charge is -2.02. The molecule has 0 atom stereocenters. The summed E-state index contributed by atoms with van der Waals surface area (Å²) in [5.41, 5.74) is 2.88. The average molecular weight is 287 g/mol. The van der Waals surface area contributed by atoms with Gasteiger partial charge < -0.3 is 9.73 Å². The summed E-state index contributed by atoms with van der Waals surface area (Å²) in [4.78, 5) is 15.5. The Morgan fingerprint density at radius 2 is 2.10 bits per heavy atom. The second kappa shape index (κ2) is 4.98. The standard InChI is InChI=1S/C15H11ClN2O2/c1-9(19)17-12-4-2-3-10(7-12)15-18-13-8-11(16)5-6-14(13)20-15/h2-8H,1H3,(H,17,19). The molecule has 2 aromatic carbocycles. The Hall–Kier alpha value is -2.33. The third kappa shape index (κ3) is 2.51. The molecule has 5 heteroatoms. The lowest BCUT2D eigenvalue weighted by molar-refractivity contribution is -0.114. The molecule has 0 aliphatic heterocycles. The smallest absolute Gasteiger partial charge is 0.227 e. The van der Waals surface area contributed by atoms with E-state index in [-0.39, 0.29) is 5.91 Å². The second-order valence-corrected chi connectivity index (χ2v) is 4.83. The maximum absolute atomic E-state index is 11.1. The third-order valence-corrected chi connectivity index (χ3v) is 3.01. The van der Waals surface area contributed by atoms with Gasteiger partial charge in [-0.05, 0) is 36.4 Å². The number of carbonyl (C=O) groups excluding carboxylic acids is 1. The van der Waals surface area contributed by atoms with Gasteiger partial charge in [-0.15, -0.1) is 0 Å². The minimum Gasteiger partial charge on any atom is -0.436 e. The van der Waals surface area contributed by atoms with Crippen LogP contribution < -0.4 is 5.32 Å². The molecule has 20 heavy (non-hydrogen) atoms. The van der Waals surface area contributed by atoms with Crippen molar-refractivity contribution in [1.29, 1.82) is 0 Å². The van der Waals surface area contributed by atoms with E-state index < -0.39 is 0 Å². The fourth-order valence-corrected chi connectivity index (χ4v) is 2.12. The highest BCUT2D eigenvalue weighted by Crippen LogP contribution is 2.27. The van der Waals surface area contributed by atoms with Crippen LogP contribution in [0, 0.1) is 0 Å². The Labute approximate surface area is 120 Å². The van der Waals surface area contributed by atoms with Crippen molar-refractivity contribution in [2.24, 2.45) is 0 Å². The van der Waals surface area contributed by atoms with Crippen LogP contribution in [0.1, 0.15) is 6.92 Å². The highest BCUT2D eigenvalue weighted by atomic mass is 35.5. The highest BCUT2D eigenvalue weighted by Gasteiger charge is 2.09. The summed E-state index contributed by atoms with van der Waals surface area (Å²) in [6.45, 7) is 1.47. The van der Waals surface area contributed by atoms with Gasteiger partial charge in [-0.3, -0.25) is 4.79 Å². The van der Waals surface area contributed by atoms with Crippen LogP contribution in [0.5, 0.6) is 0 Å². The van der Waals surface area contributed by atoms with Crippen LogP contribution in [0.2, 0.25) is 5.02 Å². The van der Waals surface area contributed by atoms with E-state index in [9.17, 15) is 4.79 Å². The number of oxazole rings is 1. The van der Waals surface area contributed by atoms with Crippen LogP contribution in [0.25, 0.3) is 22.6 Å². The summed E-state index contributed by atoms with van der Waals surface area (Å²) < 4.78 is 5.69. The maximum atomic E-state index is 11.1. The molecule has 0 fully saturated rings. The highest BCUT2D eigenvalue weighted by molar-refractivity contribution is 6.31. The first-order valence-corrected chi connectivity index (χ1v) is 6.44. The maximum Gasteiger partial charge on any atom is 0.227 e. The molecule has 0 spiro atoms. The van der Waals surface area contributed by atoms with Gasteiger partial charge in [0.15, 0.2) is 5.58 Å². The van der Waals surface area contributed by atoms with Gasteiger partial charge in [0.2, 0.25) is 11.8 Å². The summed E-state index contributed by atoms with van der Waals surface area (Å²) >= 11 is 5.93. The predicted octanol–water partition coefficient (Wildman–Crippen LogP) is 4.11. The number of hydrogen-bond donors (Lipinski definition) is 1. The van der Waals surface area contributed by atoms with Crippen molar-refractivity contribution >= 4 is 34.3 Å². The monoisotopic (exact) mass is 286 g/mol. The van der Waals surface area contributed by atoms with Crippen LogP contribution in [-0.2, 0) is 4.79 Å². The van der Waals surface area contributed by atoms with E-state index in [0.717, 1.165) is 5.56 Å². The molecular formula is C15H11ClN2O2. The zero-order valence-corrected chi connectivity index (χ0v) is 11.4. The van der Waals surface area contributed by atoms with E-state index in [4.69, 9.17) is 16.0 Å². The molecule has 1 N–H and O–H groups in total. The zero-order valence-electron chi connectivity index (χ0n) is 10.7. The molecular weight excluding hydrogens is 276 g/mol. The van der Waals surface area contributed by atoms with Gasteiger partial charge in [-0.25, -0.2) is 4.98 Å². The second-order valence-electron chi connectivity index (χ2n) is 4.39. The molecule has 1 heterocycles. The SMILES string of the molecule is CC(=O)Nc1cccc(-c2nc3cc(Cl)ccc3o2)c1. The first-order valence-electron chi connectivity index (χ1n) is 6.06. The van der Waals surface area contributed by atoms with Gasteiger partial charge in [0.1, 0.15) is 5.52 Å². The fraction of sp³-hybridized carbons (Fsp3) is 0.0667. The van der Waals surface area contributed by atoms with Crippen molar-refractivity contribution in [3.8, 4) is 11.5 Å². The molecule has 4 nitrogen and oxygen atoms in total. The average Bonchev–Trinajstić information content (AvgIpc) is 2.81. The number of benzene rings is 2. The molecule has 0 radical (unpaired) electrons. The van der Waals surface area contributed by atoms with E-state index in [0.29, 0.717) is 27.7 Å². The van der Waals surface area contributed by atoms with Crippen LogP contribution in [0.4, 0.5) is 5.69 Å². The van der Waals surface area contributed by atoms with E-state index in [1.807, 2.05) is 24.3 Å². The largest absolute Gasteiger partial charge is 0.436 e. The van der Waals surface area contributed by atoms with Crippen molar-refractivity contribution in [3.63, 3.8) is 0 Å². The van der Waals surface area contributed by atoms with Crippen LogP contribution in [-0.4, -0.2) is 10.9 Å². The Morgan fingerprint density at radius 3 is 2.90 bits per heavy atom.